The third-order valence-corrected chi connectivity index (χ3v) is 0.956. The number of esters is 1. The Hall–Kier alpha value is -1.06. The van der Waals surface area contributed by atoms with Gasteiger partial charge in [0, 0.05) is 0 Å². The fourth-order valence-electron chi connectivity index (χ4n) is 0.613. The maximum absolute atomic E-state index is 11.0. The molecule has 0 radical (unpaired) electrons. The molecule has 0 atom stereocenters. The highest BCUT2D eigenvalue weighted by Gasteiger charge is 2.15. The van der Waals surface area contributed by atoms with E-state index in [0.717, 1.165) is 0 Å². The minimum Gasteiger partial charge on any atom is -0.484 e. The first-order valence-electron chi connectivity index (χ1n) is 4.27. The van der Waals surface area contributed by atoms with Crippen molar-refractivity contribution < 1.29 is 14.3 Å². The van der Waals surface area contributed by atoms with Crippen molar-refractivity contribution in [2.24, 2.45) is 4.99 Å². The second-order valence-corrected chi connectivity index (χ2v) is 3.49. The van der Waals surface area contributed by atoms with Gasteiger partial charge >= 0.3 is 5.97 Å². The Labute approximate surface area is 78.9 Å². The Morgan fingerprint density at radius 3 is 2.54 bits per heavy atom. The summed E-state index contributed by atoms with van der Waals surface area (Å²) in [5, 5.41) is 0. The zero-order valence-corrected chi connectivity index (χ0v) is 8.66. The van der Waals surface area contributed by atoms with Crippen LogP contribution >= 0.6 is 0 Å². The van der Waals surface area contributed by atoms with E-state index in [1.165, 1.54) is 6.40 Å². The summed E-state index contributed by atoms with van der Waals surface area (Å²) in [7, 11) is 0. The summed E-state index contributed by atoms with van der Waals surface area (Å²) in [6.07, 6.45) is 1.27. The second kappa shape index (κ2) is 5.56. The van der Waals surface area contributed by atoms with E-state index in [1.807, 2.05) is 27.7 Å². The van der Waals surface area contributed by atoms with E-state index in [9.17, 15) is 4.79 Å². The van der Waals surface area contributed by atoms with Crippen LogP contribution in [0.25, 0.3) is 0 Å². The lowest BCUT2D eigenvalue weighted by Gasteiger charge is -2.18. The minimum atomic E-state index is -0.446. The third kappa shape index (κ3) is 8.85. The van der Waals surface area contributed by atoms with Crippen molar-refractivity contribution in [2.75, 3.05) is 13.2 Å². The molecule has 0 aromatic heterocycles. The van der Waals surface area contributed by atoms with Crippen molar-refractivity contribution in [3.8, 4) is 0 Å². The molecule has 0 bridgehead atoms. The smallest absolute Gasteiger partial charge is 0.328 e. The standard InChI is InChI=1S/C9H17NO3/c1-5-12-7-10-6-8(11)13-9(2,3)4/h7H,5-6H2,1-4H3/b10-7+. The molecule has 0 rings (SSSR count). The van der Waals surface area contributed by atoms with E-state index in [-0.39, 0.29) is 12.5 Å². The monoisotopic (exact) mass is 187 g/mol. The van der Waals surface area contributed by atoms with Gasteiger partial charge in [0.2, 0.25) is 0 Å². The van der Waals surface area contributed by atoms with Gasteiger partial charge < -0.3 is 9.47 Å². The molecule has 0 aliphatic carbocycles. The highest BCUT2D eigenvalue weighted by Crippen LogP contribution is 2.06. The van der Waals surface area contributed by atoms with Gasteiger partial charge in [-0.15, -0.1) is 0 Å². The molecule has 0 unspecified atom stereocenters. The third-order valence-electron chi connectivity index (χ3n) is 0.956. The number of aliphatic imine (C=N–C) groups is 1. The average Bonchev–Trinajstić information content (AvgIpc) is 1.94. The summed E-state index contributed by atoms with van der Waals surface area (Å²) in [5.74, 6) is -0.344. The molecule has 0 fully saturated rings. The Bertz CT molecular complexity index is 182. The topological polar surface area (TPSA) is 47.9 Å². The van der Waals surface area contributed by atoms with E-state index in [0.29, 0.717) is 6.61 Å². The largest absolute Gasteiger partial charge is 0.484 e. The van der Waals surface area contributed by atoms with Gasteiger partial charge in [0.15, 0.2) is 6.40 Å². The van der Waals surface area contributed by atoms with Gasteiger partial charge in [0.05, 0.1) is 6.61 Å². The normalized spacial score (nSPS) is 11.7. The molecule has 0 saturated heterocycles. The first-order chi connectivity index (χ1) is 5.95. The maximum Gasteiger partial charge on any atom is 0.328 e. The second-order valence-electron chi connectivity index (χ2n) is 3.49. The quantitative estimate of drug-likeness (QED) is 0.379. The van der Waals surface area contributed by atoms with E-state index >= 15 is 0 Å². The molecule has 13 heavy (non-hydrogen) atoms. The number of hydrogen-bond donors (Lipinski definition) is 0. The van der Waals surface area contributed by atoms with Crippen LogP contribution in [-0.2, 0) is 14.3 Å². The highest BCUT2D eigenvalue weighted by molar-refractivity contribution is 5.73. The van der Waals surface area contributed by atoms with Gasteiger partial charge in [0.1, 0.15) is 12.1 Å². The van der Waals surface area contributed by atoms with Crippen LogP contribution in [0.1, 0.15) is 27.7 Å². The van der Waals surface area contributed by atoms with E-state index in [4.69, 9.17) is 9.47 Å². The summed E-state index contributed by atoms with van der Waals surface area (Å²) in [4.78, 5) is 14.8. The van der Waals surface area contributed by atoms with Crippen molar-refractivity contribution in [1.82, 2.24) is 0 Å². The fourth-order valence-corrected chi connectivity index (χ4v) is 0.613. The van der Waals surface area contributed by atoms with Crippen LogP contribution in [0.3, 0.4) is 0 Å². The molecular weight excluding hydrogens is 170 g/mol. The number of carbonyl (C=O) groups is 1. The molecule has 0 aromatic carbocycles. The molecule has 0 heterocycles. The predicted molar refractivity (Wildman–Crippen MR) is 50.8 cm³/mol. The summed E-state index contributed by atoms with van der Waals surface area (Å²) in [6.45, 7) is 7.86. The lowest BCUT2D eigenvalue weighted by molar-refractivity contribution is -0.152. The van der Waals surface area contributed by atoms with Crippen molar-refractivity contribution >= 4 is 12.4 Å². The van der Waals surface area contributed by atoms with Crippen LogP contribution in [0.5, 0.6) is 0 Å². The maximum atomic E-state index is 11.0. The van der Waals surface area contributed by atoms with Crippen molar-refractivity contribution in [3.05, 3.63) is 0 Å². The van der Waals surface area contributed by atoms with Crippen LogP contribution < -0.4 is 0 Å². The van der Waals surface area contributed by atoms with Gasteiger partial charge in [-0.2, -0.15) is 0 Å². The molecule has 4 nitrogen and oxygen atoms in total. The minimum absolute atomic E-state index is 0.0112. The number of ether oxygens (including phenoxy) is 2. The van der Waals surface area contributed by atoms with Crippen molar-refractivity contribution in [3.63, 3.8) is 0 Å². The highest BCUT2D eigenvalue weighted by atomic mass is 16.6. The molecule has 76 valence electrons. The fraction of sp³-hybridized carbons (Fsp3) is 0.778. The lowest BCUT2D eigenvalue weighted by atomic mass is 10.2. The van der Waals surface area contributed by atoms with Crippen molar-refractivity contribution in [2.45, 2.75) is 33.3 Å². The average molecular weight is 187 g/mol. The molecule has 0 aromatic rings. The predicted octanol–water partition coefficient (Wildman–Crippen LogP) is 1.39. The zero-order chi connectivity index (χ0) is 10.3. The van der Waals surface area contributed by atoms with Crippen LogP contribution in [-0.4, -0.2) is 31.1 Å². The van der Waals surface area contributed by atoms with Crippen LogP contribution in [0, 0.1) is 0 Å². The first kappa shape index (κ1) is 11.9. The van der Waals surface area contributed by atoms with Gasteiger partial charge in [-0.3, -0.25) is 4.79 Å². The number of carbonyl (C=O) groups excluding carboxylic acids is 1. The van der Waals surface area contributed by atoms with E-state index in [2.05, 4.69) is 4.99 Å². The lowest BCUT2D eigenvalue weighted by Crippen LogP contribution is -2.25. The zero-order valence-electron chi connectivity index (χ0n) is 8.66. The molecule has 0 saturated carbocycles. The van der Waals surface area contributed by atoms with Gasteiger partial charge in [0.25, 0.3) is 0 Å². The summed E-state index contributed by atoms with van der Waals surface area (Å²) >= 11 is 0. The number of rotatable bonds is 4. The Morgan fingerprint density at radius 1 is 1.46 bits per heavy atom. The van der Waals surface area contributed by atoms with Crippen LogP contribution in [0.2, 0.25) is 0 Å². The molecule has 0 aliphatic rings. The van der Waals surface area contributed by atoms with Gasteiger partial charge in [-0.25, -0.2) is 4.99 Å². The number of hydrogen-bond acceptors (Lipinski definition) is 4. The Morgan fingerprint density at radius 2 is 2.08 bits per heavy atom. The van der Waals surface area contributed by atoms with Crippen LogP contribution in [0.4, 0.5) is 0 Å². The molecule has 0 spiro atoms. The van der Waals surface area contributed by atoms with Crippen LogP contribution in [0.15, 0.2) is 4.99 Å². The molecule has 0 amide bonds. The first-order valence-corrected chi connectivity index (χ1v) is 4.27. The molecule has 0 N–H and O–H groups in total. The Balaban J connectivity index is 3.64. The van der Waals surface area contributed by atoms with E-state index < -0.39 is 5.60 Å². The molecule has 4 heteroatoms. The summed E-state index contributed by atoms with van der Waals surface area (Å²) in [5.41, 5.74) is -0.446. The van der Waals surface area contributed by atoms with Crippen molar-refractivity contribution in [1.29, 1.82) is 0 Å². The summed E-state index contributed by atoms with van der Waals surface area (Å²) < 4.78 is 9.82. The summed E-state index contributed by atoms with van der Waals surface area (Å²) in [6, 6.07) is 0. The Kier molecular flexibility index (Phi) is 5.11. The van der Waals surface area contributed by atoms with Gasteiger partial charge in [-0.05, 0) is 27.7 Å². The molecule has 0 aliphatic heterocycles. The number of nitrogens with zero attached hydrogens (tertiary/aromatic N) is 1. The SMILES string of the molecule is CCO/C=N/CC(=O)OC(C)(C)C. The van der Waals surface area contributed by atoms with E-state index in [1.54, 1.807) is 0 Å². The molecular formula is C9H17NO3. The van der Waals surface area contributed by atoms with Gasteiger partial charge in [-0.1, -0.05) is 0 Å².